The highest BCUT2D eigenvalue weighted by molar-refractivity contribution is 9.10. The zero-order valence-electron chi connectivity index (χ0n) is 10.5. The SMILES string of the molecule is O=C(COC(=O)c1ccoc1)NCc1ccccc1Br. The monoisotopic (exact) mass is 337 g/mol. The van der Waals surface area contributed by atoms with Gasteiger partial charge in [-0.1, -0.05) is 34.1 Å². The van der Waals surface area contributed by atoms with E-state index in [1.54, 1.807) is 0 Å². The van der Waals surface area contributed by atoms with Gasteiger partial charge in [-0.15, -0.1) is 0 Å². The lowest BCUT2D eigenvalue weighted by Crippen LogP contribution is -2.28. The minimum absolute atomic E-state index is 0.281. The second-order valence-electron chi connectivity index (χ2n) is 3.96. The molecular formula is C14H12BrNO4. The zero-order chi connectivity index (χ0) is 14.4. The molecular weight excluding hydrogens is 326 g/mol. The number of ether oxygens (including phenoxy) is 1. The molecule has 2 rings (SSSR count). The van der Waals surface area contributed by atoms with Gasteiger partial charge in [-0.05, 0) is 17.7 Å². The fourth-order valence-corrected chi connectivity index (χ4v) is 1.91. The van der Waals surface area contributed by atoms with Crippen molar-refractivity contribution in [3.63, 3.8) is 0 Å². The third-order valence-corrected chi connectivity index (χ3v) is 3.30. The van der Waals surface area contributed by atoms with Crippen molar-refractivity contribution in [3.05, 3.63) is 58.5 Å². The van der Waals surface area contributed by atoms with Crippen LogP contribution in [-0.2, 0) is 16.1 Å². The van der Waals surface area contributed by atoms with Gasteiger partial charge in [-0.25, -0.2) is 4.79 Å². The summed E-state index contributed by atoms with van der Waals surface area (Å²) in [6.07, 6.45) is 2.63. The van der Waals surface area contributed by atoms with Crippen molar-refractivity contribution < 1.29 is 18.7 Å². The number of esters is 1. The molecule has 0 saturated carbocycles. The molecule has 1 amide bonds. The van der Waals surface area contributed by atoms with Gasteiger partial charge >= 0.3 is 5.97 Å². The number of amides is 1. The van der Waals surface area contributed by atoms with Crippen molar-refractivity contribution in [2.24, 2.45) is 0 Å². The Labute approximate surface area is 124 Å². The highest BCUT2D eigenvalue weighted by Gasteiger charge is 2.11. The number of hydrogen-bond acceptors (Lipinski definition) is 4. The average Bonchev–Trinajstić information content (AvgIpc) is 2.98. The summed E-state index contributed by atoms with van der Waals surface area (Å²) in [5.41, 5.74) is 1.23. The largest absolute Gasteiger partial charge is 0.472 e. The van der Waals surface area contributed by atoms with Crippen LogP contribution in [-0.4, -0.2) is 18.5 Å². The first-order chi connectivity index (χ1) is 9.66. The maximum Gasteiger partial charge on any atom is 0.341 e. The molecule has 0 unspecified atom stereocenters. The Balaban J connectivity index is 1.76. The lowest BCUT2D eigenvalue weighted by atomic mass is 10.2. The highest BCUT2D eigenvalue weighted by atomic mass is 79.9. The Morgan fingerprint density at radius 1 is 1.25 bits per heavy atom. The number of hydrogen-bond donors (Lipinski definition) is 1. The fourth-order valence-electron chi connectivity index (χ4n) is 1.48. The van der Waals surface area contributed by atoms with Crippen LogP contribution < -0.4 is 5.32 Å². The summed E-state index contributed by atoms with van der Waals surface area (Å²) in [6.45, 7) is 0.0397. The van der Waals surface area contributed by atoms with Crippen LogP contribution >= 0.6 is 15.9 Å². The molecule has 1 aromatic heterocycles. The van der Waals surface area contributed by atoms with Gasteiger partial charge in [-0.3, -0.25) is 4.79 Å². The first kappa shape index (κ1) is 14.3. The molecule has 20 heavy (non-hydrogen) atoms. The second kappa shape index (κ2) is 6.91. The van der Waals surface area contributed by atoms with Crippen LogP contribution in [0.3, 0.4) is 0 Å². The summed E-state index contributed by atoms with van der Waals surface area (Å²) < 4.78 is 10.5. The minimum Gasteiger partial charge on any atom is -0.472 e. The number of benzene rings is 1. The fraction of sp³-hybridized carbons (Fsp3) is 0.143. The Kier molecular flexibility index (Phi) is 4.95. The molecule has 0 atom stereocenters. The third kappa shape index (κ3) is 3.96. The molecule has 104 valence electrons. The zero-order valence-corrected chi connectivity index (χ0v) is 12.1. The van der Waals surface area contributed by atoms with Gasteiger partial charge < -0.3 is 14.5 Å². The molecule has 6 heteroatoms. The maximum absolute atomic E-state index is 11.6. The summed E-state index contributed by atoms with van der Waals surface area (Å²) in [4.78, 5) is 23.0. The van der Waals surface area contributed by atoms with Crippen molar-refractivity contribution in [2.45, 2.75) is 6.54 Å². The van der Waals surface area contributed by atoms with E-state index in [0.717, 1.165) is 10.0 Å². The normalized spacial score (nSPS) is 10.1. The molecule has 0 fully saturated rings. The van der Waals surface area contributed by atoms with Gasteiger partial charge in [0.15, 0.2) is 6.61 Å². The number of nitrogens with one attached hydrogen (secondary N) is 1. The van der Waals surface area contributed by atoms with E-state index in [0.29, 0.717) is 6.54 Å². The Morgan fingerprint density at radius 2 is 2.05 bits per heavy atom. The molecule has 1 N–H and O–H groups in total. The summed E-state index contributed by atoms with van der Waals surface area (Å²) >= 11 is 3.39. The predicted molar refractivity (Wildman–Crippen MR) is 75.0 cm³/mol. The number of furan rings is 1. The van der Waals surface area contributed by atoms with Crippen LogP contribution in [0.15, 0.2) is 51.7 Å². The second-order valence-corrected chi connectivity index (χ2v) is 4.81. The third-order valence-electron chi connectivity index (χ3n) is 2.53. The van der Waals surface area contributed by atoms with Gasteiger partial charge in [0.05, 0.1) is 11.8 Å². The molecule has 0 saturated heterocycles. The van der Waals surface area contributed by atoms with Gasteiger partial charge in [-0.2, -0.15) is 0 Å². The van der Waals surface area contributed by atoms with E-state index in [9.17, 15) is 9.59 Å². The molecule has 1 heterocycles. The van der Waals surface area contributed by atoms with E-state index in [4.69, 9.17) is 9.15 Å². The van der Waals surface area contributed by atoms with Crippen molar-refractivity contribution in [1.82, 2.24) is 5.32 Å². The Bertz CT molecular complexity index is 595. The van der Waals surface area contributed by atoms with Crippen LogP contribution in [0.1, 0.15) is 15.9 Å². The first-order valence-corrected chi connectivity index (χ1v) is 6.65. The van der Waals surface area contributed by atoms with Crippen LogP contribution in [0.2, 0.25) is 0 Å². The topological polar surface area (TPSA) is 68.5 Å². The molecule has 0 aliphatic rings. The van der Waals surface area contributed by atoms with Crippen molar-refractivity contribution in [3.8, 4) is 0 Å². The van der Waals surface area contributed by atoms with Crippen molar-refractivity contribution in [2.75, 3.05) is 6.61 Å². The molecule has 0 bridgehead atoms. The van der Waals surface area contributed by atoms with E-state index in [1.165, 1.54) is 18.6 Å². The quantitative estimate of drug-likeness (QED) is 0.851. The first-order valence-electron chi connectivity index (χ1n) is 5.86. The summed E-state index contributed by atoms with van der Waals surface area (Å²) in [7, 11) is 0. The average molecular weight is 338 g/mol. The van der Waals surface area contributed by atoms with E-state index in [2.05, 4.69) is 21.2 Å². The van der Waals surface area contributed by atoms with E-state index < -0.39 is 5.97 Å². The molecule has 0 radical (unpaired) electrons. The lowest BCUT2D eigenvalue weighted by Gasteiger charge is -2.07. The van der Waals surface area contributed by atoms with Crippen molar-refractivity contribution >= 4 is 27.8 Å². The lowest BCUT2D eigenvalue weighted by molar-refractivity contribution is -0.124. The van der Waals surface area contributed by atoms with Gasteiger partial charge in [0.1, 0.15) is 6.26 Å². The van der Waals surface area contributed by atoms with E-state index in [1.807, 2.05) is 24.3 Å². The minimum atomic E-state index is -0.588. The molecule has 5 nitrogen and oxygen atoms in total. The summed E-state index contributed by atoms with van der Waals surface area (Å²) in [6, 6.07) is 9.02. The molecule has 1 aromatic carbocycles. The van der Waals surface area contributed by atoms with E-state index >= 15 is 0 Å². The van der Waals surface area contributed by atoms with Gasteiger partial charge in [0, 0.05) is 11.0 Å². The number of carbonyl (C=O) groups excluding carboxylic acids is 2. The maximum atomic E-state index is 11.6. The van der Waals surface area contributed by atoms with Crippen LogP contribution in [0, 0.1) is 0 Å². The summed E-state index contributed by atoms with van der Waals surface area (Å²) in [5.74, 6) is -0.951. The number of rotatable bonds is 5. The standard InChI is InChI=1S/C14H12BrNO4/c15-12-4-2-1-3-10(12)7-16-13(17)9-20-14(18)11-5-6-19-8-11/h1-6,8H,7,9H2,(H,16,17). The number of halogens is 1. The van der Waals surface area contributed by atoms with Gasteiger partial charge in [0.2, 0.25) is 0 Å². The van der Waals surface area contributed by atoms with E-state index in [-0.39, 0.29) is 18.1 Å². The number of carbonyl (C=O) groups is 2. The highest BCUT2D eigenvalue weighted by Crippen LogP contribution is 2.15. The van der Waals surface area contributed by atoms with Gasteiger partial charge in [0.25, 0.3) is 5.91 Å². The van der Waals surface area contributed by atoms with Crippen LogP contribution in [0.25, 0.3) is 0 Å². The van der Waals surface area contributed by atoms with Crippen LogP contribution in [0.5, 0.6) is 0 Å². The Morgan fingerprint density at radius 3 is 2.75 bits per heavy atom. The smallest absolute Gasteiger partial charge is 0.341 e. The molecule has 0 aliphatic carbocycles. The Hall–Kier alpha value is -2.08. The van der Waals surface area contributed by atoms with Crippen LogP contribution in [0.4, 0.5) is 0 Å². The van der Waals surface area contributed by atoms with Crippen molar-refractivity contribution in [1.29, 1.82) is 0 Å². The molecule has 0 spiro atoms. The summed E-state index contributed by atoms with van der Waals surface area (Å²) in [5, 5.41) is 2.67. The predicted octanol–water partition coefficient (Wildman–Crippen LogP) is 2.52. The molecule has 2 aromatic rings. The molecule has 0 aliphatic heterocycles.